The fourth-order valence-corrected chi connectivity index (χ4v) is 2.43. The quantitative estimate of drug-likeness (QED) is 0.711. The second-order valence-corrected chi connectivity index (χ2v) is 4.92. The highest BCUT2D eigenvalue weighted by Crippen LogP contribution is 2.26. The van der Waals surface area contributed by atoms with E-state index in [-0.39, 0.29) is 0 Å². The number of nitrogen functional groups attached to an aromatic ring is 1. The molecule has 0 bridgehead atoms. The second kappa shape index (κ2) is 6.45. The molecule has 102 valence electrons. The van der Waals surface area contributed by atoms with Gasteiger partial charge in [0.2, 0.25) is 0 Å². The molecule has 5 heteroatoms. The number of hydrogen-bond acceptors (Lipinski definition) is 5. The van der Waals surface area contributed by atoms with E-state index in [1.165, 1.54) is 0 Å². The molecular weight excluding hydrogens is 260 g/mol. The normalized spacial score (nSPS) is 12.1. The van der Waals surface area contributed by atoms with Crippen LogP contribution in [0.3, 0.4) is 0 Å². The van der Waals surface area contributed by atoms with Crippen molar-refractivity contribution in [3.05, 3.63) is 40.6 Å². The molecule has 4 N–H and O–H groups in total. The van der Waals surface area contributed by atoms with Gasteiger partial charge in [-0.05, 0) is 41.4 Å². The Morgan fingerprint density at radius 2 is 2.26 bits per heavy atom. The first-order valence-corrected chi connectivity index (χ1v) is 7.11. The van der Waals surface area contributed by atoms with Crippen molar-refractivity contribution in [2.24, 2.45) is 0 Å². The second-order valence-electron chi connectivity index (χ2n) is 4.14. The van der Waals surface area contributed by atoms with Gasteiger partial charge in [-0.15, -0.1) is 0 Å². The number of nitrogens with one attached hydrogen (secondary N) is 1. The van der Waals surface area contributed by atoms with Gasteiger partial charge >= 0.3 is 0 Å². The van der Waals surface area contributed by atoms with E-state index in [1.54, 1.807) is 17.4 Å². The summed E-state index contributed by atoms with van der Waals surface area (Å²) < 4.78 is 5.43. The summed E-state index contributed by atoms with van der Waals surface area (Å²) in [5, 5.41) is 17.1. The van der Waals surface area contributed by atoms with Crippen LogP contribution in [-0.2, 0) is 0 Å². The van der Waals surface area contributed by atoms with Crippen LogP contribution >= 0.6 is 11.3 Å². The average Bonchev–Trinajstić information content (AvgIpc) is 2.93. The Hall–Kier alpha value is -1.72. The lowest BCUT2D eigenvalue weighted by Crippen LogP contribution is -2.11. The number of ether oxygens (including phenoxy) is 1. The minimum atomic E-state index is -0.514. The van der Waals surface area contributed by atoms with Crippen molar-refractivity contribution in [3.8, 4) is 5.75 Å². The summed E-state index contributed by atoms with van der Waals surface area (Å²) in [6, 6.07) is 7.44. The van der Waals surface area contributed by atoms with Gasteiger partial charge in [-0.25, -0.2) is 0 Å². The molecule has 0 spiro atoms. The van der Waals surface area contributed by atoms with Crippen molar-refractivity contribution in [1.29, 1.82) is 0 Å². The summed E-state index contributed by atoms with van der Waals surface area (Å²) in [4.78, 5) is 0. The van der Waals surface area contributed by atoms with E-state index in [2.05, 4.69) is 5.32 Å². The molecule has 2 rings (SSSR count). The van der Waals surface area contributed by atoms with Crippen LogP contribution in [0.25, 0.3) is 0 Å². The molecule has 2 aromatic rings. The highest BCUT2D eigenvalue weighted by atomic mass is 32.1. The standard InChI is InChI=1S/C14H18N2O2S/c1-2-18-14-7-11(3-4-12(14)15)16-8-13(17)10-5-6-19-9-10/h3-7,9,13,16-17H,2,8,15H2,1H3. The van der Waals surface area contributed by atoms with E-state index in [4.69, 9.17) is 10.5 Å². The van der Waals surface area contributed by atoms with Crippen LogP contribution in [0, 0.1) is 0 Å². The van der Waals surface area contributed by atoms with E-state index in [0.717, 1.165) is 11.3 Å². The molecule has 19 heavy (non-hydrogen) atoms. The van der Waals surface area contributed by atoms with Crippen LogP contribution in [0.2, 0.25) is 0 Å². The molecule has 1 heterocycles. The van der Waals surface area contributed by atoms with Crippen molar-refractivity contribution < 1.29 is 9.84 Å². The molecule has 0 fully saturated rings. The van der Waals surface area contributed by atoms with Gasteiger partial charge < -0.3 is 20.9 Å². The molecule has 1 aromatic heterocycles. The molecule has 0 aliphatic heterocycles. The Labute approximate surface area is 116 Å². The van der Waals surface area contributed by atoms with E-state index in [0.29, 0.717) is 24.6 Å². The fraction of sp³-hybridized carbons (Fsp3) is 0.286. The topological polar surface area (TPSA) is 67.5 Å². The van der Waals surface area contributed by atoms with Crippen LogP contribution in [-0.4, -0.2) is 18.3 Å². The SMILES string of the molecule is CCOc1cc(NCC(O)c2ccsc2)ccc1N. The van der Waals surface area contributed by atoms with Gasteiger partial charge in [-0.2, -0.15) is 11.3 Å². The number of rotatable bonds is 6. The molecule has 1 unspecified atom stereocenters. The van der Waals surface area contributed by atoms with Crippen LogP contribution in [0.1, 0.15) is 18.6 Å². The average molecular weight is 278 g/mol. The molecule has 1 atom stereocenters. The molecule has 0 amide bonds. The van der Waals surface area contributed by atoms with E-state index < -0.39 is 6.10 Å². The zero-order chi connectivity index (χ0) is 13.7. The number of benzene rings is 1. The highest BCUT2D eigenvalue weighted by Gasteiger charge is 2.08. The Balaban J connectivity index is 1.97. The number of anilines is 2. The van der Waals surface area contributed by atoms with Crippen LogP contribution in [0.4, 0.5) is 11.4 Å². The predicted molar refractivity (Wildman–Crippen MR) is 79.8 cm³/mol. The molecule has 0 radical (unpaired) electrons. The van der Waals surface area contributed by atoms with E-state index >= 15 is 0 Å². The first-order valence-electron chi connectivity index (χ1n) is 6.17. The maximum absolute atomic E-state index is 9.99. The zero-order valence-corrected chi connectivity index (χ0v) is 11.6. The number of thiophene rings is 1. The first-order chi connectivity index (χ1) is 9.20. The van der Waals surface area contributed by atoms with Crippen molar-refractivity contribution in [1.82, 2.24) is 0 Å². The lowest BCUT2D eigenvalue weighted by Gasteiger charge is -2.13. The molecular formula is C14H18N2O2S. The zero-order valence-electron chi connectivity index (χ0n) is 10.8. The van der Waals surface area contributed by atoms with Gasteiger partial charge in [0.05, 0.1) is 18.4 Å². The summed E-state index contributed by atoms with van der Waals surface area (Å²) in [5.74, 6) is 0.664. The first kappa shape index (κ1) is 13.7. The van der Waals surface area contributed by atoms with Crippen LogP contribution in [0.5, 0.6) is 5.75 Å². The maximum atomic E-state index is 9.99. The summed E-state index contributed by atoms with van der Waals surface area (Å²) >= 11 is 1.58. The molecule has 0 saturated heterocycles. The minimum absolute atomic E-state index is 0.451. The minimum Gasteiger partial charge on any atom is -0.492 e. The summed E-state index contributed by atoms with van der Waals surface area (Å²) in [6.07, 6.45) is -0.514. The van der Waals surface area contributed by atoms with Crippen LogP contribution in [0.15, 0.2) is 35.0 Å². The lowest BCUT2D eigenvalue weighted by atomic mass is 10.2. The highest BCUT2D eigenvalue weighted by molar-refractivity contribution is 7.07. The van der Waals surface area contributed by atoms with Crippen LogP contribution < -0.4 is 15.8 Å². The van der Waals surface area contributed by atoms with Crippen molar-refractivity contribution >= 4 is 22.7 Å². The van der Waals surface area contributed by atoms with Crippen molar-refractivity contribution in [2.75, 3.05) is 24.2 Å². The largest absolute Gasteiger partial charge is 0.492 e. The summed E-state index contributed by atoms with van der Waals surface area (Å²) in [5.41, 5.74) is 8.23. The van der Waals surface area contributed by atoms with Gasteiger partial charge in [0.1, 0.15) is 5.75 Å². The molecule has 0 saturated carbocycles. The third-order valence-electron chi connectivity index (χ3n) is 2.74. The molecule has 1 aromatic carbocycles. The van der Waals surface area contributed by atoms with E-state index in [1.807, 2.05) is 35.9 Å². The van der Waals surface area contributed by atoms with Gasteiger partial charge in [-0.1, -0.05) is 0 Å². The van der Waals surface area contributed by atoms with E-state index in [9.17, 15) is 5.11 Å². The maximum Gasteiger partial charge on any atom is 0.144 e. The molecule has 0 aliphatic carbocycles. The van der Waals surface area contributed by atoms with Crippen molar-refractivity contribution in [3.63, 3.8) is 0 Å². The third-order valence-corrected chi connectivity index (χ3v) is 3.44. The fourth-order valence-electron chi connectivity index (χ4n) is 1.72. The van der Waals surface area contributed by atoms with Crippen molar-refractivity contribution in [2.45, 2.75) is 13.0 Å². The predicted octanol–water partition coefficient (Wildman–Crippen LogP) is 2.87. The summed E-state index contributed by atoms with van der Waals surface area (Å²) in [7, 11) is 0. The van der Waals surface area contributed by atoms with Gasteiger partial charge in [-0.3, -0.25) is 0 Å². The smallest absolute Gasteiger partial charge is 0.144 e. The van der Waals surface area contributed by atoms with Gasteiger partial charge in [0.15, 0.2) is 0 Å². The lowest BCUT2D eigenvalue weighted by molar-refractivity contribution is 0.192. The number of hydrogen-bond donors (Lipinski definition) is 3. The Kier molecular flexibility index (Phi) is 4.65. The molecule has 4 nitrogen and oxygen atoms in total. The summed E-state index contributed by atoms with van der Waals surface area (Å²) in [6.45, 7) is 2.94. The Morgan fingerprint density at radius 3 is 2.95 bits per heavy atom. The molecule has 0 aliphatic rings. The van der Waals surface area contributed by atoms with Gasteiger partial charge in [0, 0.05) is 18.3 Å². The Bertz CT molecular complexity index is 514. The number of aliphatic hydroxyl groups excluding tert-OH is 1. The number of aliphatic hydroxyl groups is 1. The monoisotopic (exact) mass is 278 g/mol. The number of nitrogens with two attached hydrogens (primary N) is 1. The Morgan fingerprint density at radius 1 is 1.42 bits per heavy atom. The third kappa shape index (κ3) is 3.62. The van der Waals surface area contributed by atoms with Gasteiger partial charge in [0.25, 0.3) is 0 Å².